The minimum Gasteiger partial charge on any atom is -0.488 e. The Labute approximate surface area is 102 Å². The van der Waals surface area contributed by atoms with Gasteiger partial charge in [-0.1, -0.05) is 13.0 Å². The molecule has 3 heteroatoms. The second kappa shape index (κ2) is 4.31. The third kappa shape index (κ3) is 1.74. The number of nitrogens with one attached hydrogen (secondary N) is 1. The monoisotopic (exact) mass is 233 g/mol. The molecule has 1 aliphatic heterocycles. The van der Waals surface area contributed by atoms with Gasteiger partial charge in [0.2, 0.25) is 0 Å². The maximum atomic E-state index is 6.00. The summed E-state index contributed by atoms with van der Waals surface area (Å²) in [6.45, 7) is 2.15. The van der Waals surface area contributed by atoms with Gasteiger partial charge in [-0.25, -0.2) is 0 Å². The molecule has 3 nitrogen and oxygen atoms in total. The molecule has 2 atom stereocenters. The van der Waals surface area contributed by atoms with Crippen LogP contribution in [0.25, 0.3) is 0 Å². The molecule has 0 aromatic heterocycles. The Morgan fingerprint density at radius 1 is 1.35 bits per heavy atom. The van der Waals surface area contributed by atoms with Gasteiger partial charge in [-0.15, -0.1) is 0 Å². The molecular weight excluding hydrogens is 214 g/mol. The number of hydroxylamine groups is 1. The van der Waals surface area contributed by atoms with Crippen LogP contribution < -0.4 is 10.2 Å². The lowest BCUT2D eigenvalue weighted by molar-refractivity contribution is 0.0283. The van der Waals surface area contributed by atoms with Gasteiger partial charge >= 0.3 is 0 Å². The normalized spacial score (nSPS) is 25.5. The largest absolute Gasteiger partial charge is 0.488 e. The van der Waals surface area contributed by atoms with Crippen LogP contribution in [-0.2, 0) is 17.7 Å². The van der Waals surface area contributed by atoms with E-state index in [0.29, 0.717) is 0 Å². The molecule has 0 spiro atoms. The highest BCUT2D eigenvalue weighted by atomic mass is 16.6. The van der Waals surface area contributed by atoms with Crippen LogP contribution in [0.15, 0.2) is 12.1 Å². The zero-order chi connectivity index (χ0) is 11.8. The molecule has 0 bridgehead atoms. The summed E-state index contributed by atoms with van der Waals surface area (Å²) in [7, 11) is 1.66. The first-order valence-corrected chi connectivity index (χ1v) is 6.44. The van der Waals surface area contributed by atoms with Crippen molar-refractivity contribution in [2.24, 2.45) is 0 Å². The summed E-state index contributed by atoms with van der Waals surface area (Å²) >= 11 is 0. The van der Waals surface area contributed by atoms with Crippen molar-refractivity contribution in [3.05, 3.63) is 28.8 Å². The number of aryl methyl sites for hydroxylation is 2. The fourth-order valence-corrected chi connectivity index (χ4v) is 2.98. The van der Waals surface area contributed by atoms with Gasteiger partial charge in [0.25, 0.3) is 0 Å². The van der Waals surface area contributed by atoms with Crippen molar-refractivity contribution in [1.29, 1.82) is 0 Å². The lowest BCUT2D eigenvalue weighted by Crippen LogP contribution is -2.29. The van der Waals surface area contributed by atoms with Crippen LogP contribution in [0.1, 0.15) is 42.5 Å². The Hall–Kier alpha value is -1.06. The molecule has 1 heterocycles. The molecule has 3 rings (SSSR count). The van der Waals surface area contributed by atoms with E-state index in [0.717, 1.165) is 12.2 Å². The summed E-state index contributed by atoms with van der Waals surface area (Å²) in [6.07, 6.45) is 4.86. The zero-order valence-corrected chi connectivity index (χ0v) is 10.5. The van der Waals surface area contributed by atoms with E-state index in [2.05, 4.69) is 24.5 Å². The Morgan fingerprint density at radius 3 is 2.82 bits per heavy atom. The highest BCUT2D eigenvalue weighted by molar-refractivity contribution is 5.48. The number of ether oxygens (including phenoxy) is 1. The molecule has 17 heavy (non-hydrogen) atoms. The Balaban J connectivity index is 1.98. The van der Waals surface area contributed by atoms with Crippen molar-refractivity contribution in [1.82, 2.24) is 5.48 Å². The predicted molar refractivity (Wildman–Crippen MR) is 66.1 cm³/mol. The average Bonchev–Trinajstić information content (AvgIpc) is 2.91. The smallest absolute Gasteiger partial charge is 0.125 e. The van der Waals surface area contributed by atoms with Crippen LogP contribution >= 0.6 is 0 Å². The first-order valence-electron chi connectivity index (χ1n) is 6.44. The van der Waals surface area contributed by atoms with E-state index < -0.39 is 0 Å². The van der Waals surface area contributed by atoms with Gasteiger partial charge in [-0.2, -0.15) is 5.48 Å². The first kappa shape index (κ1) is 11.1. The first-order chi connectivity index (χ1) is 8.33. The summed E-state index contributed by atoms with van der Waals surface area (Å²) in [5.41, 5.74) is 7.29. The zero-order valence-electron chi connectivity index (χ0n) is 10.5. The number of hydrogen-bond donors (Lipinski definition) is 1. The van der Waals surface area contributed by atoms with E-state index in [-0.39, 0.29) is 12.1 Å². The van der Waals surface area contributed by atoms with E-state index >= 15 is 0 Å². The minimum atomic E-state index is 0.172. The van der Waals surface area contributed by atoms with Crippen molar-refractivity contribution in [3.63, 3.8) is 0 Å². The van der Waals surface area contributed by atoms with E-state index in [9.17, 15) is 0 Å². The molecule has 0 saturated carbocycles. The van der Waals surface area contributed by atoms with E-state index in [1.165, 1.54) is 36.0 Å². The van der Waals surface area contributed by atoms with Crippen molar-refractivity contribution in [2.45, 2.75) is 44.8 Å². The number of benzene rings is 1. The van der Waals surface area contributed by atoms with Crippen LogP contribution in [0.3, 0.4) is 0 Å². The molecule has 1 aromatic rings. The number of rotatable bonds is 3. The maximum absolute atomic E-state index is 6.00. The van der Waals surface area contributed by atoms with Crippen molar-refractivity contribution < 1.29 is 9.57 Å². The van der Waals surface area contributed by atoms with E-state index in [1.54, 1.807) is 7.11 Å². The number of hydrogen-bond acceptors (Lipinski definition) is 3. The molecule has 0 amide bonds. The lowest BCUT2D eigenvalue weighted by Gasteiger charge is -2.17. The average molecular weight is 233 g/mol. The summed E-state index contributed by atoms with van der Waals surface area (Å²) in [5.74, 6) is 1.05. The second-order valence-electron chi connectivity index (χ2n) is 4.88. The fourth-order valence-electron chi connectivity index (χ4n) is 2.98. The summed E-state index contributed by atoms with van der Waals surface area (Å²) in [5, 5.41) is 0. The molecule has 1 aliphatic carbocycles. The number of fused-ring (bicyclic) bond motifs is 2. The Kier molecular flexibility index (Phi) is 2.81. The van der Waals surface area contributed by atoms with Gasteiger partial charge in [0.05, 0.1) is 13.2 Å². The van der Waals surface area contributed by atoms with Gasteiger partial charge in [0.15, 0.2) is 0 Å². The highest BCUT2D eigenvalue weighted by Crippen LogP contribution is 2.41. The Morgan fingerprint density at radius 2 is 2.12 bits per heavy atom. The molecule has 2 unspecified atom stereocenters. The van der Waals surface area contributed by atoms with Crippen molar-refractivity contribution >= 4 is 0 Å². The molecule has 2 aliphatic rings. The topological polar surface area (TPSA) is 30.5 Å². The van der Waals surface area contributed by atoms with Crippen LogP contribution in [0, 0.1) is 0 Å². The van der Waals surface area contributed by atoms with E-state index in [1.807, 2.05) is 0 Å². The highest BCUT2D eigenvalue weighted by Gasteiger charge is 2.34. The fraction of sp³-hybridized carbons (Fsp3) is 0.571. The Bertz CT molecular complexity index is 430. The quantitative estimate of drug-likeness (QED) is 0.814. The summed E-state index contributed by atoms with van der Waals surface area (Å²) in [4.78, 5) is 5.10. The van der Waals surface area contributed by atoms with Gasteiger partial charge in [-0.3, -0.25) is 0 Å². The molecule has 0 fully saturated rings. The summed E-state index contributed by atoms with van der Waals surface area (Å²) < 4.78 is 6.00. The minimum absolute atomic E-state index is 0.172. The second-order valence-corrected chi connectivity index (χ2v) is 4.88. The van der Waals surface area contributed by atoms with Crippen LogP contribution in [-0.4, -0.2) is 13.2 Å². The summed E-state index contributed by atoms with van der Waals surface area (Å²) in [6, 6.07) is 4.72. The van der Waals surface area contributed by atoms with Crippen LogP contribution in [0.2, 0.25) is 0 Å². The third-order valence-corrected chi connectivity index (χ3v) is 3.86. The molecule has 92 valence electrons. The van der Waals surface area contributed by atoms with Crippen LogP contribution in [0.5, 0.6) is 5.75 Å². The van der Waals surface area contributed by atoms with E-state index in [4.69, 9.17) is 9.57 Å². The van der Waals surface area contributed by atoms with Crippen LogP contribution in [0.4, 0.5) is 0 Å². The third-order valence-electron chi connectivity index (χ3n) is 3.86. The van der Waals surface area contributed by atoms with Crippen molar-refractivity contribution in [2.75, 3.05) is 7.11 Å². The predicted octanol–water partition coefficient (Wildman–Crippen LogP) is 2.54. The van der Waals surface area contributed by atoms with Gasteiger partial charge in [0.1, 0.15) is 11.9 Å². The standard InChI is InChI=1S/C14H19NO2/c1-3-12-14(15-16-2)11-7-9-5-4-6-10(9)8-13(11)17-12/h7-8,12,14-15H,3-6H2,1-2H3. The van der Waals surface area contributed by atoms with Crippen molar-refractivity contribution in [3.8, 4) is 5.75 Å². The lowest BCUT2D eigenvalue weighted by atomic mass is 9.99. The molecule has 1 N–H and O–H groups in total. The molecule has 0 radical (unpaired) electrons. The van der Waals surface area contributed by atoms with Gasteiger partial charge in [0, 0.05) is 5.56 Å². The maximum Gasteiger partial charge on any atom is 0.125 e. The SMILES string of the molecule is CCC1Oc2cc3c(cc2C1NOC)CCC3. The molecular formula is C14H19NO2. The van der Waals surface area contributed by atoms with Gasteiger partial charge in [-0.05, 0) is 42.9 Å². The van der Waals surface area contributed by atoms with Gasteiger partial charge < -0.3 is 9.57 Å². The molecule has 0 saturated heterocycles. The molecule has 1 aromatic carbocycles.